The summed E-state index contributed by atoms with van der Waals surface area (Å²) in [5.41, 5.74) is 5.59. The molecule has 1 aliphatic heterocycles. The molecule has 3 aromatic rings. The molecule has 0 spiro atoms. The monoisotopic (exact) mass is 415 g/mol. The number of ether oxygens (including phenoxy) is 1. The maximum Gasteiger partial charge on any atom is 0.339 e. The Bertz CT molecular complexity index is 1170. The standard InChI is InChI=1S/C22H19Cl2NO3/c1-12-20-14(8-17-15-3-2-4-16(15)22(26)28-21(12)17)10-25(11-27-20)9-13-5-6-18(23)19(24)7-13/h5-8H,2-4,9-11H2,1H3. The van der Waals surface area contributed by atoms with Gasteiger partial charge in [0.1, 0.15) is 18.1 Å². The Hall–Kier alpha value is -2.01. The largest absolute Gasteiger partial charge is 0.477 e. The van der Waals surface area contributed by atoms with Gasteiger partial charge in [0.15, 0.2) is 0 Å². The van der Waals surface area contributed by atoms with E-state index in [1.54, 1.807) is 0 Å². The van der Waals surface area contributed by atoms with Gasteiger partial charge in [-0.05, 0) is 55.5 Å². The molecule has 2 aliphatic rings. The highest BCUT2D eigenvalue weighted by molar-refractivity contribution is 6.42. The Labute approximate surface area is 172 Å². The van der Waals surface area contributed by atoms with Gasteiger partial charge in [0.05, 0.1) is 10.0 Å². The summed E-state index contributed by atoms with van der Waals surface area (Å²) < 4.78 is 11.7. The highest BCUT2D eigenvalue weighted by Gasteiger charge is 2.26. The van der Waals surface area contributed by atoms with Crippen LogP contribution in [0.15, 0.2) is 33.5 Å². The van der Waals surface area contributed by atoms with Gasteiger partial charge in [-0.25, -0.2) is 4.79 Å². The molecule has 144 valence electrons. The summed E-state index contributed by atoms with van der Waals surface area (Å²) in [6.45, 7) is 3.92. The second kappa shape index (κ2) is 6.80. The zero-order chi connectivity index (χ0) is 19.4. The molecule has 0 fully saturated rings. The molecule has 0 N–H and O–H groups in total. The first-order valence-electron chi connectivity index (χ1n) is 9.41. The van der Waals surface area contributed by atoms with E-state index in [1.165, 1.54) is 0 Å². The molecule has 0 bridgehead atoms. The minimum absolute atomic E-state index is 0.194. The van der Waals surface area contributed by atoms with Gasteiger partial charge in [0.2, 0.25) is 0 Å². The molecule has 0 saturated carbocycles. The second-order valence-corrected chi connectivity index (χ2v) is 8.39. The minimum Gasteiger partial charge on any atom is -0.477 e. The number of halogens is 2. The average Bonchev–Trinajstić information content (AvgIpc) is 3.17. The van der Waals surface area contributed by atoms with E-state index in [0.717, 1.165) is 71.3 Å². The summed E-state index contributed by atoms with van der Waals surface area (Å²) in [5, 5.41) is 2.18. The number of nitrogens with zero attached hydrogens (tertiary/aromatic N) is 1. The van der Waals surface area contributed by atoms with Crippen LogP contribution in [0, 0.1) is 6.92 Å². The molecule has 1 aliphatic carbocycles. The third kappa shape index (κ3) is 2.91. The van der Waals surface area contributed by atoms with E-state index in [9.17, 15) is 4.79 Å². The van der Waals surface area contributed by atoms with Crippen molar-refractivity contribution in [1.29, 1.82) is 0 Å². The molecule has 4 nitrogen and oxygen atoms in total. The van der Waals surface area contributed by atoms with Crippen molar-refractivity contribution in [2.24, 2.45) is 0 Å². The lowest BCUT2D eigenvalue weighted by Crippen LogP contribution is -2.32. The molecule has 2 aromatic carbocycles. The third-order valence-electron chi connectivity index (χ3n) is 5.70. The molecule has 0 radical (unpaired) electrons. The molecule has 28 heavy (non-hydrogen) atoms. The van der Waals surface area contributed by atoms with Gasteiger partial charge in [0.25, 0.3) is 0 Å². The fourth-order valence-corrected chi connectivity index (χ4v) is 4.71. The number of hydrogen-bond donors (Lipinski definition) is 0. The highest BCUT2D eigenvalue weighted by atomic mass is 35.5. The predicted molar refractivity (Wildman–Crippen MR) is 110 cm³/mol. The maximum atomic E-state index is 12.3. The Morgan fingerprint density at radius 1 is 1.11 bits per heavy atom. The van der Waals surface area contributed by atoms with Crippen molar-refractivity contribution in [2.75, 3.05) is 6.73 Å². The first-order valence-corrected chi connectivity index (χ1v) is 10.2. The van der Waals surface area contributed by atoms with Crippen molar-refractivity contribution in [3.63, 3.8) is 0 Å². The van der Waals surface area contributed by atoms with Crippen molar-refractivity contribution in [2.45, 2.75) is 39.3 Å². The normalized spacial score (nSPS) is 16.1. The lowest BCUT2D eigenvalue weighted by atomic mass is 9.99. The van der Waals surface area contributed by atoms with Gasteiger partial charge in [-0.2, -0.15) is 0 Å². The van der Waals surface area contributed by atoms with Crippen LogP contribution in [0.2, 0.25) is 10.0 Å². The van der Waals surface area contributed by atoms with Crippen LogP contribution in [-0.4, -0.2) is 11.6 Å². The molecule has 5 rings (SSSR count). The zero-order valence-corrected chi connectivity index (χ0v) is 17.0. The summed E-state index contributed by atoms with van der Waals surface area (Å²) in [7, 11) is 0. The van der Waals surface area contributed by atoms with Crippen LogP contribution in [0.1, 0.15) is 34.2 Å². The van der Waals surface area contributed by atoms with Crippen LogP contribution in [0.5, 0.6) is 5.75 Å². The molecule has 1 aromatic heterocycles. The van der Waals surface area contributed by atoms with E-state index >= 15 is 0 Å². The molecular formula is C22H19Cl2NO3. The lowest BCUT2D eigenvalue weighted by molar-refractivity contribution is 0.0881. The lowest BCUT2D eigenvalue weighted by Gasteiger charge is -2.30. The first kappa shape index (κ1) is 18.0. The minimum atomic E-state index is -0.194. The molecule has 6 heteroatoms. The molecular weight excluding hydrogens is 397 g/mol. The van der Waals surface area contributed by atoms with Gasteiger partial charge in [-0.3, -0.25) is 4.90 Å². The van der Waals surface area contributed by atoms with Gasteiger partial charge < -0.3 is 9.15 Å². The summed E-state index contributed by atoms with van der Waals surface area (Å²) >= 11 is 12.2. The molecule has 0 amide bonds. The molecule has 0 saturated heterocycles. The van der Waals surface area contributed by atoms with Gasteiger partial charge in [-0.15, -0.1) is 0 Å². The predicted octanol–water partition coefficient (Wildman–Crippen LogP) is 5.25. The second-order valence-electron chi connectivity index (χ2n) is 7.58. The van der Waals surface area contributed by atoms with Crippen LogP contribution >= 0.6 is 23.2 Å². The smallest absolute Gasteiger partial charge is 0.339 e. The van der Waals surface area contributed by atoms with Crippen molar-refractivity contribution in [3.8, 4) is 5.75 Å². The average molecular weight is 416 g/mol. The topological polar surface area (TPSA) is 42.7 Å². The molecule has 0 unspecified atom stereocenters. The number of hydrogen-bond acceptors (Lipinski definition) is 4. The van der Waals surface area contributed by atoms with E-state index in [2.05, 4.69) is 11.0 Å². The Morgan fingerprint density at radius 2 is 1.93 bits per heavy atom. The SMILES string of the molecule is Cc1c2c(cc3c4c(c(=O)oc13)CCC4)CN(Cc1ccc(Cl)c(Cl)c1)CO2. The van der Waals surface area contributed by atoms with Crippen LogP contribution in [0.25, 0.3) is 11.0 Å². The van der Waals surface area contributed by atoms with Crippen LogP contribution < -0.4 is 10.4 Å². The van der Waals surface area contributed by atoms with E-state index in [0.29, 0.717) is 22.4 Å². The van der Waals surface area contributed by atoms with Gasteiger partial charge in [0, 0.05) is 35.2 Å². The Balaban J connectivity index is 1.52. The first-order chi connectivity index (χ1) is 13.5. The van der Waals surface area contributed by atoms with Gasteiger partial charge >= 0.3 is 5.63 Å². The van der Waals surface area contributed by atoms with E-state index in [1.807, 2.05) is 25.1 Å². The van der Waals surface area contributed by atoms with Crippen LogP contribution in [0.3, 0.4) is 0 Å². The quantitative estimate of drug-likeness (QED) is 0.536. The Morgan fingerprint density at radius 3 is 2.75 bits per heavy atom. The summed E-state index contributed by atoms with van der Waals surface area (Å²) in [4.78, 5) is 14.5. The van der Waals surface area contributed by atoms with E-state index < -0.39 is 0 Å². The van der Waals surface area contributed by atoms with Crippen molar-refractivity contribution >= 4 is 34.2 Å². The maximum absolute atomic E-state index is 12.3. The third-order valence-corrected chi connectivity index (χ3v) is 6.43. The highest BCUT2D eigenvalue weighted by Crippen LogP contribution is 2.38. The summed E-state index contributed by atoms with van der Waals surface area (Å²) in [6.07, 6.45) is 2.75. The Kier molecular flexibility index (Phi) is 4.38. The van der Waals surface area contributed by atoms with Crippen LogP contribution in [0.4, 0.5) is 0 Å². The number of fused-ring (bicyclic) bond motifs is 4. The van der Waals surface area contributed by atoms with Crippen LogP contribution in [-0.2, 0) is 25.9 Å². The fraction of sp³-hybridized carbons (Fsp3) is 0.318. The summed E-state index contributed by atoms with van der Waals surface area (Å²) in [5.74, 6) is 0.832. The fourth-order valence-electron chi connectivity index (χ4n) is 4.39. The number of aryl methyl sites for hydroxylation is 2. The van der Waals surface area contributed by atoms with E-state index in [-0.39, 0.29) is 5.63 Å². The molecule has 0 atom stereocenters. The number of rotatable bonds is 2. The van der Waals surface area contributed by atoms with Gasteiger partial charge in [-0.1, -0.05) is 29.3 Å². The van der Waals surface area contributed by atoms with Crippen molar-refractivity contribution in [1.82, 2.24) is 4.90 Å². The number of benzene rings is 2. The van der Waals surface area contributed by atoms with Crippen molar-refractivity contribution < 1.29 is 9.15 Å². The van der Waals surface area contributed by atoms with E-state index in [4.69, 9.17) is 32.4 Å². The zero-order valence-electron chi connectivity index (χ0n) is 15.5. The van der Waals surface area contributed by atoms with Crippen molar-refractivity contribution in [3.05, 3.63) is 72.5 Å². The molecule has 2 heterocycles. The summed E-state index contributed by atoms with van der Waals surface area (Å²) in [6, 6.07) is 7.84.